The molecular formula is C14H13BrN4O2. The standard InChI is InChI=1S/C14H13BrN4O2/c1-9(20)17-11-3-2-4-12(8-11)18-14(21)19-13-7-10(15)5-6-16-13/h2-8H,1H3,(H,17,20)(H2,16,18,19,21). The minimum Gasteiger partial charge on any atom is -0.326 e. The first-order chi connectivity index (χ1) is 10.0. The zero-order valence-corrected chi connectivity index (χ0v) is 12.8. The van der Waals surface area contributed by atoms with Crippen LogP contribution in [0.15, 0.2) is 47.1 Å². The molecule has 0 saturated heterocycles. The van der Waals surface area contributed by atoms with Crippen LogP contribution in [0.2, 0.25) is 0 Å². The molecule has 6 nitrogen and oxygen atoms in total. The maximum absolute atomic E-state index is 11.9. The number of halogens is 1. The summed E-state index contributed by atoms with van der Waals surface area (Å²) in [6.07, 6.45) is 1.58. The Labute approximate surface area is 130 Å². The molecule has 0 aliphatic rings. The molecule has 3 amide bonds. The molecule has 0 radical (unpaired) electrons. The van der Waals surface area contributed by atoms with Crippen LogP contribution in [0.25, 0.3) is 0 Å². The van der Waals surface area contributed by atoms with Crippen molar-refractivity contribution in [2.24, 2.45) is 0 Å². The molecule has 0 unspecified atom stereocenters. The van der Waals surface area contributed by atoms with E-state index in [-0.39, 0.29) is 5.91 Å². The highest BCUT2D eigenvalue weighted by Crippen LogP contribution is 2.16. The molecule has 0 atom stereocenters. The van der Waals surface area contributed by atoms with Gasteiger partial charge in [0.25, 0.3) is 0 Å². The third kappa shape index (κ3) is 4.88. The van der Waals surface area contributed by atoms with Gasteiger partial charge >= 0.3 is 6.03 Å². The highest BCUT2D eigenvalue weighted by Gasteiger charge is 2.05. The summed E-state index contributed by atoms with van der Waals surface area (Å²) < 4.78 is 0.820. The number of aromatic nitrogens is 1. The number of pyridine rings is 1. The topological polar surface area (TPSA) is 83.1 Å². The van der Waals surface area contributed by atoms with Crippen LogP contribution in [0.4, 0.5) is 22.0 Å². The van der Waals surface area contributed by atoms with Gasteiger partial charge in [0.1, 0.15) is 5.82 Å². The number of carbonyl (C=O) groups is 2. The van der Waals surface area contributed by atoms with Crippen molar-refractivity contribution in [1.82, 2.24) is 4.98 Å². The summed E-state index contributed by atoms with van der Waals surface area (Å²) in [6.45, 7) is 1.42. The molecule has 0 bridgehead atoms. The Bertz CT molecular complexity index is 676. The Morgan fingerprint density at radius 3 is 2.43 bits per heavy atom. The molecule has 3 N–H and O–H groups in total. The number of nitrogens with zero attached hydrogens (tertiary/aromatic N) is 1. The van der Waals surface area contributed by atoms with Gasteiger partial charge < -0.3 is 10.6 Å². The Hall–Kier alpha value is -2.41. The van der Waals surface area contributed by atoms with Crippen molar-refractivity contribution in [2.75, 3.05) is 16.0 Å². The van der Waals surface area contributed by atoms with Crippen molar-refractivity contribution in [3.05, 3.63) is 47.1 Å². The summed E-state index contributed by atoms with van der Waals surface area (Å²) >= 11 is 3.30. The van der Waals surface area contributed by atoms with Gasteiger partial charge in [0.2, 0.25) is 5.91 Å². The highest BCUT2D eigenvalue weighted by atomic mass is 79.9. The first kappa shape index (κ1) is 15.0. The summed E-state index contributed by atoms with van der Waals surface area (Å²) in [5, 5.41) is 7.93. The van der Waals surface area contributed by atoms with Gasteiger partial charge in [-0.05, 0) is 30.3 Å². The van der Waals surface area contributed by atoms with E-state index in [1.807, 2.05) is 0 Å². The van der Waals surface area contributed by atoms with Gasteiger partial charge in [-0.25, -0.2) is 9.78 Å². The molecule has 0 saturated carbocycles. The number of amides is 3. The van der Waals surface area contributed by atoms with Gasteiger partial charge in [0.05, 0.1) is 0 Å². The summed E-state index contributed by atoms with van der Waals surface area (Å²) in [6, 6.07) is 9.89. The van der Waals surface area contributed by atoms with Gasteiger partial charge in [-0.15, -0.1) is 0 Å². The second-order valence-corrected chi connectivity index (χ2v) is 5.12. The summed E-state index contributed by atoms with van der Waals surface area (Å²) in [7, 11) is 0. The monoisotopic (exact) mass is 348 g/mol. The Morgan fingerprint density at radius 2 is 1.76 bits per heavy atom. The Morgan fingerprint density at radius 1 is 1.05 bits per heavy atom. The molecule has 0 spiro atoms. The second kappa shape index (κ2) is 6.85. The van der Waals surface area contributed by atoms with Crippen molar-refractivity contribution in [2.45, 2.75) is 6.92 Å². The number of benzene rings is 1. The molecule has 0 aliphatic carbocycles. The normalized spacial score (nSPS) is 9.81. The average molecular weight is 349 g/mol. The number of nitrogens with one attached hydrogen (secondary N) is 3. The minimum absolute atomic E-state index is 0.171. The smallest absolute Gasteiger partial charge is 0.324 e. The molecule has 0 aliphatic heterocycles. The first-order valence-electron chi connectivity index (χ1n) is 6.10. The van der Waals surface area contributed by atoms with Crippen LogP contribution in [0.1, 0.15) is 6.92 Å². The lowest BCUT2D eigenvalue weighted by atomic mass is 10.3. The minimum atomic E-state index is -0.416. The van der Waals surface area contributed by atoms with E-state index in [9.17, 15) is 9.59 Å². The number of carbonyl (C=O) groups excluding carboxylic acids is 2. The van der Waals surface area contributed by atoms with Crippen molar-refractivity contribution < 1.29 is 9.59 Å². The van der Waals surface area contributed by atoms with Gasteiger partial charge in [0.15, 0.2) is 0 Å². The number of hydrogen-bond donors (Lipinski definition) is 3. The maximum atomic E-state index is 11.9. The van der Waals surface area contributed by atoms with E-state index in [0.717, 1.165) is 4.47 Å². The second-order valence-electron chi connectivity index (χ2n) is 4.20. The summed E-state index contributed by atoms with van der Waals surface area (Å²) in [5.74, 6) is 0.259. The predicted molar refractivity (Wildman–Crippen MR) is 85.3 cm³/mol. The van der Waals surface area contributed by atoms with E-state index in [0.29, 0.717) is 17.2 Å². The lowest BCUT2D eigenvalue weighted by molar-refractivity contribution is -0.114. The molecule has 2 rings (SSSR count). The fraction of sp³-hybridized carbons (Fsp3) is 0.0714. The van der Waals surface area contributed by atoms with E-state index < -0.39 is 6.03 Å². The van der Waals surface area contributed by atoms with Crippen LogP contribution in [0, 0.1) is 0 Å². The average Bonchev–Trinajstić information content (AvgIpc) is 2.37. The van der Waals surface area contributed by atoms with Crippen LogP contribution in [-0.2, 0) is 4.79 Å². The van der Waals surface area contributed by atoms with Gasteiger partial charge in [-0.2, -0.15) is 0 Å². The summed E-state index contributed by atoms with van der Waals surface area (Å²) in [5.41, 5.74) is 1.18. The lowest BCUT2D eigenvalue weighted by Crippen LogP contribution is -2.20. The molecule has 1 aromatic heterocycles. The Balaban J connectivity index is 2.01. The molecule has 1 heterocycles. The third-order valence-corrected chi connectivity index (χ3v) is 2.90. The fourth-order valence-electron chi connectivity index (χ4n) is 1.63. The van der Waals surface area contributed by atoms with Crippen LogP contribution in [0.3, 0.4) is 0 Å². The van der Waals surface area contributed by atoms with E-state index in [1.165, 1.54) is 6.92 Å². The number of urea groups is 1. The van der Waals surface area contributed by atoms with E-state index in [2.05, 4.69) is 36.9 Å². The lowest BCUT2D eigenvalue weighted by Gasteiger charge is -2.09. The first-order valence-corrected chi connectivity index (χ1v) is 6.89. The number of hydrogen-bond acceptors (Lipinski definition) is 3. The molecule has 7 heteroatoms. The predicted octanol–water partition coefficient (Wildman–Crippen LogP) is 3.45. The Kier molecular flexibility index (Phi) is 4.89. The van der Waals surface area contributed by atoms with Crippen molar-refractivity contribution >= 4 is 45.1 Å². The van der Waals surface area contributed by atoms with Crippen molar-refractivity contribution in [3.63, 3.8) is 0 Å². The largest absolute Gasteiger partial charge is 0.326 e. The van der Waals surface area contributed by atoms with Crippen LogP contribution in [0.5, 0.6) is 0 Å². The zero-order valence-electron chi connectivity index (χ0n) is 11.2. The quantitative estimate of drug-likeness (QED) is 0.794. The molecule has 2 aromatic rings. The van der Waals surface area contributed by atoms with Gasteiger partial charge in [-0.3, -0.25) is 10.1 Å². The van der Waals surface area contributed by atoms with Crippen molar-refractivity contribution in [3.8, 4) is 0 Å². The molecule has 108 valence electrons. The van der Waals surface area contributed by atoms with Gasteiger partial charge in [-0.1, -0.05) is 22.0 Å². The van der Waals surface area contributed by atoms with Crippen LogP contribution >= 0.6 is 15.9 Å². The van der Waals surface area contributed by atoms with Crippen molar-refractivity contribution in [1.29, 1.82) is 0 Å². The van der Waals surface area contributed by atoms with E-state index in [4.69, 9.17) is 0 Å². The number of anilines is 3. The fourth-order valence-corrected chi connectivity index (χ4v) is 1.96. The molecule has 21 heavy (non-hydrogen) atoms. The van der Waals surface area contributed by atoms with E-state index in [1.54, 1.807) is 42.6 Å². The summed E-state index contributed by atoms with van der Waals surface area (Å²) in [4.78, 5) is 26.9. The highest BCUT2D eigenvalue weighted by molar-refractivity contribution is 9.10. The van der Waals surface area contributed by atoms with Gasteiger partial charge in [0, 0.05) is 29.0 Å². The molecule has 0 fully saturated rings. The maximum Gasteiger partial charge on any atom is 0.324 e. The number of rotatable bonds is 3. The molecular weight excluding hydrogens is 336 g/mol. The third-order valence-electron chi connectivity index (χ3n) is 2.40. The van der Waals surface area contributed by atoms with Crippen LogP contribution < -0.4 is 16.0 Å². The zero-order chi connectivity index (χ0) is 15.2. The van der Waals surface area contributed by atoms with Crippen LogP contribution in [-0.4, -0.2) is 16.9 Å². The molecule has 1 aromatic carbocycles. The van der Waals surface area contributed by atoms with E-state index >= 15 is 0 Å². The SMILES string of the molecule is CC(=O)Nc1cccc(NC(=O)Nc2cc(Br)ccn2)c1.